The van der Waals surface area contributed by atoms with Gasteiger partial charge >= 0.3 is 0 Å². The highest BCUT2D eigenvalue weighted by Gasteiger charge is 2.27. The smallest absolute Gasteiger partial charge is 0.128 e. The quantitative estimate of drug-likeness (QED) is 0.723. The first-order valence-corrected chi connectivity index (χ1v) is 8.19. The van der Waals surface area contributed by atoms with E-state index in [-0.39, 0.29) is 17.1 Å². The Morgan fingerprint density at radius 2 is 1.95 bits per heavy atom. The number of nitrogens with two attached hydrogens (primary N) is 1. The zero-order valence-electron chi connectivity index (χ0n) is 10.9. The third-order valence-corrected chi connectivity index (χ3v) is 4.80. The van der Waals surface area contributed by atoms with E-state index in [0.717, 1.165) is 8.95 Å². The molecule has 21 heavy (non-hydrogen) atoms. The summed E-state index contributed by atoms with van der Waals surface area (Å²) in [4.78, 5) is 0. The Bertz CT molecular complexity index is 633. The van der Waals surface area contributed by atoms with Gasteiger partial charge in [-0.2, -0.15) is 0 Å². The highest BCUT2D eigenvalue weighted by Crippen LogP contribution is 2.38. The second-order valence-electron chi connectivity index (χ2n) is 4.59. The summed E-state index contributed by atoms with van der Waals surface area (Å²) in [7, 11) is 0. The van der Waals surface area contributed by atoms with Gasteiger partial charge in [0.05, 0.1) is 6.10 Å². The molecule has 0 bridgehead atoms. The molecule has 0 amide bonds. The zero-order chi connectivity index (χ0) is 15.6. The molecular weight excluding hydrogens is 424 g/mol. The van der Waals surface area contributed by atoms with E-state index in [2.05, 4.69) is 31.9 Å². The molecule has 3 N–H and O–H groups in total. The summed E-state index contributed by atoms with van der Waals surface area (Å²) in [6.45, 7) is 0.0737. The molecule has 0 fully saturated rings. The van der Waals surface area contributed by atoms with E-state index < -0.39 is 17.8 Å². The van der Waals surface area contributed by atoms with Gasteiger partial charge in [0.2, 0.25) is 0 Å². The molecule has 0 saturated heterocycles. The second kappa shape index (κ2) is 7.20. The van der Waals surface area contributed by atoms with Crippen LogP contribution in [0.5, 0.6) is 0 Å². The number of halogens is 4. The van der Waals surface area contributed by atoms with Crippen molar-refractivity contribution in [2.24, 2.45) is 5.73 Å². The lowest BCUT2D eigenvalue weighted by Crippen LogP contribution is -2.22. The minimum absolute atomic E-state index is 0.0737. The predicted molar refractivity (Wildman–Crippen MR) is 90.0 cm³/mol. The first kappa shape index (κ1) is 16.9. The number of hydrogen-bond acceptors (Lipinski definition) is 2. The molecule has 0 spiro atoms. The van der Waals surface area contributed by atoms with Crippen molar-refractivity contribution in [1.82, 2.24) is 0 Å². The zero-order valence-corrected chi connectivity index (χ0v) is 14.8. The van der Waals surface area contributed by atoms with E-state index in [0.29, 0.717) is 5.56 Å². The number of aliphatic hydroxyl groups excluding tert-OH is 1. The molecule has 2 unspecified atom stereocenters. The van der Waals surface area contributed by atoms with Gasteiger partial charge in [-0.3, -0.25) is 0 Å². The molecule has 0 aliphatic carbocycles. The van der Waals surface area contributed by atoms with Crippen LogP contribution in [0.2, 0.25) is 5.02 Å². The van der Waals surface area contributed by atoms with Crippen LogP contribution in [0.4, 0.5) is 4.39 Å². The van der Waals surface area contributed by atoms with Crippen molar-refractivity contribution < 1.29 is 9.50 Å². The van der Waals surface area contributed by atoms with E-state index >= 15 is 0 Å². The van der Waals surface area contributed by atoms with Crippen LogP contribution in [0.1, 0.15) is 23.1 Å². The maximum atomic E-state index is 14.1. The molecule has 0 saturated carbocycles. The fourth-order valence-electron chi connectivity index (χ4n) is 2.23. The van der Waals surface area contributed by atoms with Gasteiger partial charge in [-0.15, -0.1) is 0 Å². The molecular formula is C15H13Br2ClFNO. The Morgan fingerprint density at radius 1 is 1.24 bits per heavy atom. The largest absolute Gasteiger partial charge is 0.388 e. The van der Waals surface area contributed by atoms with Crippen LogP contribution in [-0.2, 0) is 0 Å². The lowest BCUT2D eigenvalue weighted by atomic mass is 9.89. The molecule has 112 valence electrons. The summed E-state index contributed by atoms with van der Waals surface area (Å²) in [5.41, 5.74) is 6.62. The molecule has 2 rings (SSSR count). The van der Waals surface area contributed by atoms with Crippen molar-refractivity contribution in [3.63, 3.8) is 0 Å². The highest BCUT2D eigenvalue weighted by atomic mass is 79.9. The van der Waals surface area contributed by atoms with Gasteiger partial charge in [0.1, 0.15) is 5.82 Å². The van der Waals surface area contributed by atoms with Gasteiger partial charge in [-0.05, 0) is 29.8 Å². The summed E-state index contributed by atoms with van der Waals surface area (Å²) < 4.78 is 15.6. The molecule has 2 nitrogen and oxygen atoms in total. The van der Waals surface area contributed by atoms with Gasteiger partial charge in [-0.25, -0.2) is 4.39 Å². The van der Waals surface area contributed by atoms with E-state index in [1.165, 1.54) is 12.1 Å². The van der Waals surface area contributed by atoms with Gasteiger partial charge in [0.25, 0.3) is 0 Å². The maximum absolute atomic E-state index is 14.1. The molecule has 2 aromatic carbocycles. The van der Waals surface area contributed by atoms with Crippen molar-refractivity contribution in [3.8, 4) is 0 Å². The van der Waals surface area contributed by atoms with Crippen molar-refractivity contribution in [2.45, 2.75) is 12.0 Å². The van der Waals surface area contributed by atoms with Crippen LogP contribution in [-0.4, -0.2) is 11.7 Å². The molecule has 0 aromatic heterocycles. The Hall–Kier alpha value is -0.460. The minimum Gasteiger partial charge on any atom is -0.388 e. The average molecular weight is 438 g/mol. The highest BCUT2D eigenvalue weighted by molar-refractivity contribution is 9.11. The lowest BCUT2D eigenvalue weighted by Gasteiger charge is -2.24. The van der Waals surface area contributed by atoms with Crippen molar-refractivity contribution in [3.05, 3.63) is 67.3 Å². The molecule has 2 atom stereocenters. The van der Waals surface area contributed by atoms with Crippen LogP contribution in [0.25, 0.3) is 0 Å². The van der Waals surface area contributed by atoms with Crippen LogP contribution in [0.15, 0.2) is 45.3 Å². The van der Waals surface area contributed by atoms with Gasteiger partial charge < -0.3 is 10.8 Å². The monoisotopic (exact) mass is 435 g/mol. The van der Waals surface area contributed by atoms with Gasteiger partial charge in [0.15, 0.2) is 0 Å². The van der Waals surface area contributed by atoms with Crippen molar-refractivity contribution in [1.29, 1.82) is 0 Å². The predicted octanol–water partition coefficient (Wildman–Crippen LogP) is 4.78. The summed E-state index contributed by atoms with van der Waals surface area (Å²) in [6, 6.07) is 9.81. The molecule has 0 radical (unpaired) electrons. The van der Waals surface area contributed by atoms with E-state index in [1.807, 2.05) is 6.07 Å². The Labute approximate surface area is 144 Å². The van der Waals surface area contributed by atoms with Crippen LogP contribution < -0.4 is 5.73 Å². The number of aliphatic hydroxyl groups is 1. The standard InChI is InChI=1S/C15H13Br2ClFNO/c16-8-4-5-9(11(17)6-8)15(21)10(7-20)14-12(18)2-1-3-13(14)19/h1-6,10,15,21H,7,20H2. The lowest BCUT2D eigenvalue weighted by molar-refractivity contribution is 0.145. The number of hydrogen-bond donors (Lipinski definition) is 2. The molecule has 0 heterocycles. The average Bonchev–Trinajstić information content (AvgIpc) is 2.42. The van der Waals surface area contributed by atoms with E-state index in [9.17, 15) is 9.50 Å². The number of rotatable bonds is 4. The third-order valence-electron chi connectivity index (χ3n) is 3.29. The van der Waals surface area contributed by atoms with E-state index in [1.54, 1.807) is 18.2 Å². The fourth-order valence-corrected chi connectivity index (χ4v) is 3.81. The second-order valence-corrected chi connectivity index (χ2v) is 6.77. The summed E-state index contributed by atoms with van der Waals surface area (Å²) >= 11 is 12.8. The fraction of sp³-hybridized carbons (Fsp3) is 0.200. The Morgan fingerprint density at radius 3 is 2.52 bits per heavy atom. The first-order chi connectivity index (χ1) is 9.95. The Balaban J connectivity index is 2.46. The molecule has 6 heteroatoms. The summed E-state index contributed by atoms with van der Waals surface area (Å²) in [6.07, 6.45) is -0.966. The number of benzene rings is 2. The topological polar surface area (TPSA) is 46.2 Å². The summed E-state index contributed by atoms with van der Waals surface area (Å²) in [5.74, 6) is -1.10. The van der Waals surface area contributed by atoms with E-state index in [4.69, 9.17) is 17.3 Å². The van der Waals surface area contributed by atoms with Crippen LogP contribution in [0.3, 0.4) is 0 Å². The van der Waals surface area contributed by atoms with Gasteiger partial charge in [0, 0.05) is 32.0 Å². The SMILES string of the molecule is NCC(c1c(F)cccc1Cl)C(O)c1ccc(Br)cc1Br. The minimum atomic E-state index is -0.966. The van der Waals surface area contributed by atoms with Crippen molar-refractivity contribution in [2.75, 3.05) is 6.54 Å². The van der Waals surface area contributed by atoms with Crippen molar-refractivity contribution >= 4 is 43.5 Å². The molecule has 0 aliphatic heterocycles. The first-order valence-electron chi connectivity index (χ1n) is 6.22. The molecule has 0 aliphatic rings. The summed E-state index contributed by atoms with van der Waals surface area (Å²) in [5, 5.41) is 10.9. The third kappa shape index (κ3) is 3.66. The van der Waals surface area contributed by atoms with Crippen LogP contribution in [0, 0.1) is 5.82 Å². The molecule has 2 aromatic rings. The van der Waals surface area contributed by atoms with Gasteiger partial charge in [-0.1, -0.05) is 55.6 Å². The normalized spacial score (nSPS) is 14.0. The Kier molecular flexibility index (Phi) is 5.80. The van der Waals surface area contributed by atoms with Crippen LogP contribution >= 0.6 is 43.5 Å². The maximum Gasteiger partial charge on any atom is 0.128 e.